The van der Waals surface area contributed by atoms with Gasteiger partial charge in [0.25, 0.3) is 0 Å². The summed E-state index contributed by atoms with van der Waals surface area (Å²) in [7, 11) is 0. The summed E-state index contributed by atoms with van der Waals surface area (Å²) in [6, 6.07) is 17.3. The number of hydrogen-bond acceptors (Lipinski definition) is 2. The lowest BCUT2D eigenvalue weighted by molar-refractivity contribution is -0.662. The van der Waals surface area contributed by atoms with E-state index in [1.807, 2.05) is 53.4 Å². The summed E-state index contributed by atoms with van der Waals surface area (Å²) in [4.78, 5) is 14.6. The molecule has 0 aliphatic carbocycles. The fourth-order valence-corrected chi connectivity index (χ4v) is 3.18. The fraction of sp³-hybridized carbons (Fsp3) is 0.316. The molecule has 4 nitrogen and oxygen atoms in total. The average molecular weight is 311 g/mol. The summed E-state index contributed by atoms with van der Waals surface area (Å²) < 4.78 is 0. The van der Waals surface area contributed by atoms with Gasteiger partial charge in [-0.15, -0.1) is 0 Å². The average Bonchev–Trinajstić information content (AvgIpc) is 2.62. The minimum Gasteiger partial charge on any atom is -0.508 e. The fourth-order valence-electron chi connectivity index (χ4n) is 3.18. The van der Waals surface area contributed by atoms with Gasteiger partial charge in [0, 0.05) is 17.9 Å². The third-order valence-electron chi connectivity index (χ3n) is 4.45. The van der Waals surface area contributed by atoms with E-state index >= 15 is 0 Å². The third-order valence-corrected chi connectivity index (χ3v) is 4.45. The number of aromatic hydroxyl groups is 1. The highest BCUT2D eigenvalue weighted by Gasteiger charge is 2.25. The molecule has 2 aromatic carbocycles. The first-order valence-electron chi connectivity index (χ1n) is 8.18. The molecule has 3 N–H and O–H groups in total. The number of quaternary nitrogens is 1. The highest BCUT2D eigenvalue weighted by atomic mass is 16.3. The van der Waals surface area contributed by atoms with Crippen LogP contribution in [0.3, 0.4) is 0 Å². The maximum absolute atomic E-state index is 12.7. The van der Waals surface area contributed by atoms with Crippen LogP contribution in [0.25, 0.3) is 0 Å². The molecule has 23 heavy (non-hydrogen) atoms. The summed E-state index contributed by atoms with van der Waals surface area (Å²) in [6.45, 7) is 3.55. The number of para-hydroxylation sites is 1. The Kier molecular flexibility index (Phi) is 4.93. The number of carbonyl (C=O) groups is 1. The minimum atomic E-state index is -0.115. The first-order chi connectivity index (χ1) is 11.3. The molecule has 120 valence electrons. The zero-order valence-corrected chi connectivity index (χ0v) is 13.2. The first kappa shape index (κ1) is 15.6. The highest BCUT2D eigenvalue weighted by molar-refractivity contribution is 5.78. The standard InChI is InChI=1S/C19H22N2O2/c22-18-9-5-4-8-16(18)17(15-6-2-1-3-7-15)14-19(23)21-12-10-20-11-13-21/h1-9,17,20,22H,10-14H2/p+1/t17-/m1/s1. The monoisotopic (exact) mass is 311 g/mol. The summed E-state index contributed by atoms with van der Waals surface area (Å²) in [5.41, 5.74) is 1.88. The molecular formula is C19H23N2O2+. The molecule has 1 aliphatic rings. The Morgan fingerprint density at radius 2 is 1.70 bits per heavy atom. The van der Waals surface area contributed by atoms with Gasteiger partial charge in [0.15, 0.2) is 0 Å². The van der Waals surface area contributed by atoms with E-state index in [4.69, 9.17) is 0 Å². The maximum atomic E-state index is 12.7. The van der Waals surface area contributed by atoms with E-state index in [-0.39, 0.29) is 17.6 Å². The number of amides is 1. The number of benzene rings is 2. The van der Waals surface area contributed by atoms with Crippen molar-refractivity contribution in [2.24, 2.45) is 0 Å². The zero-order chi connectivity index (χ0) is 16.1. The van der Waals surface area contributed by atoms with E-state index < -0.39 is 0 Å². The van der Waals surface area contributed by atoms with Gasteiger partial charge in [-0.2, -0.15) is 0 Å². The Hall–Kier alpha value is -2.33. The van der Waals surface area contributed by atoms with Gasteiger partial charge in [-0.3, -0.25) is 4.79 Å². The Labute approximate surface area is 136 Å². The second kappa shape index (κ2) is 7.29. The minimum absolute atomic E-state index is 0.115. The Bertz CT molecular complexity index is 651. The number of piperazine rings is 1. The van der Waals surface area contributed by atoms with Crippen LogP contribution in [0.15, 0.2) is 54.6 Å². The van der Waals surface area contributed by atoms with E-state index in [1.54, 1.807) is 6.07 Å². The highest BCUT2D eigenvalue weighted by Crippen LogP contribution is 2.34. The first-order valence-corrected chi connectivity index (χ1v) is 8.18. The van der Waals surface area contributed by atoms with Crippen molar-refractivity contribution in [1.82, 2.24) is 4.90 Å². The van der Waals surface area contributed by atoms with Crippen molar-refractivity contribution in [2.75, 3.05) is 26.2 Å². The van der Waals surface area contributed by atoms with Crippen molar-refractivity contribution in [3.05, 3.63) is 65.7 Å². The molecule has 0 radical (unpaired) electrons. The van der Waals surface area contributed by atoms with E-state index in [0.717, 1.165) is 37.3 Å². The van der Waals surface area contributed by atoms with Crippen LogP contribution in [0.5, 0.6) is 5.75 Å². The van der Waals surface area contributed by atoms with Gasteiger partial charge in [-0.1, -0.05) is 48.5 Å². The van der Waals surface area contributed by atoms with Crippen molar-refractivity contribution in [3.63, 3.8) is 0 Å². The number of nitrogens with two attached hydrogens (primary N) is 1. The van der Waals surface area contributed by atoms with Crippen LogP contribution >= 0.6 is 0 Å². The normalized spacial score (nSPS) is 16.1. The lowest BCUT2D eigenvalue weighted by Gasteiger charge is -2.27. The molecule has 0 aromatic heterocycles. The zero-order valence-electron chi connectivity index (χ0n) is 13.2. The summed E-state index contributed by atoms with van der Waals surface area (Å²) >= 11 is 0. The van der Waals surface area contributed by atoms with Gasteiger partial charge in [-0.25, -0.2) is 0 Å². The lowest BCUT2D eigenvalue weighted by Crippen LogP contribution is -2.89. The molecule has 3 rings (SSSR count). The molecule has 4 heteroatoms. The lowest BCUT2D eigenvalue weighted by atomic mass is 9.87. The number of phenols is 1. The van der Waals surface area contributed by atoms with Crippen LogP contribution in [0.1, 0.15) is 23.5 Å². The number of nitrogens with zero attached hydrogens (tertiary/aromatic N) is 1. The molecule has 1 heterocycles. The molecule has 2 aromatic rings. The van der Waals surface area contributed by atoms with Gasteiger partial charge < -0.3 is 15.3 Å². The Balaban J connectivity index is 1.87. The van der Waals surface area contributed by atoms with Crippen molar-refractivity contribution < 1.29 is 15.2 Å². The summed E-state index contributed by atoms with van der Waals surface area (Å²) in [6.07, 6.45) is 0.390. The topological polar surface area (TPSA) is 57.1 Å². The molecular weight excluding hydrogens is 288 g/mol. The van der Waals surface area contributed by atoms with Crippen LogP contribution in [-0.4, -0.2) is 42.1 Å². The van der Waals surface area contributed by atoms with Gasteiger partial charge in [0.1, 0.15) is 5.75 Å². The van der Waals surface area contributed by atoms with Gasteiger partial charge >= 0.3 is 0 Å². The number of carbonyl (C=O) groups excluding carboxylic acids is 1. The van der Waals surface area contributed by atoms with Gasteiger partial charge in [0.2, 0.25) is 5.91 Å². The quantitative estimate of drug-likeness (QED) is 0.895. The molecule has 1 amide bonds. The second-order valence-electron chi connectivity index (χ2n) is 5.97. The van der Waals surface area contributed by atoms with Crippen LogP contribution in [0, 0.1) is 0 Å². The smallest absolute Gasteiger partial charge is 0.223 e. The molecule has 1 atom stereocenters. The molecule has 1 saturated heterocycles. The number of phenolic OH excluding ortho intramolecular Hbond substituents is 1. The van der Waals surface area contributed by atoms with Crippen molar-refractivity contribution in [3.8, 4) is 5.75 Å². The van der Waals surface area contributed by atoms with E-state index in [1.165, 1.54) is 0 Å². The Morgan fingerprint density at radius 1 is 1.04 bits per heavy atom. The van der Waals surface area contributed by atoms with Crippen LogP contribution in [-0.2, 0) is 4.79 Å². The Morgan fingerprint density at radius 3 is 2.39 bits per heavy atom. The predicted molar refractivity (Wildman–Crippen MR) is 89.2 cm³/mol. The summed E-state index contributed by atoms with van der Waals surface area (Å²) in [5, 5.41) is 12.5. The van der Waals surface area contributed by atoms with Crippen molar-refractivity contribution in [1.29, 1.82) is 0 Å². The molecule has 0 spiro atoms. The largest absolute Gasteiger partial charge is 0.508 e. The molecule has 1 fully saturated rings. The second-order valence-corrected chi connectivity index (χ2v) is 5.97. The molecule has 0 bridgehead atoms. The molecule has 0 saturated carbocycles. The molecule has 0 unspecified atom stereocenters. The maximum Gasteiger partial charge on any atom is 0.223 e. The number of hydrogen-bond donors (Lipinski definition) is 2. The van der Waals surface area contributed by atoms with Crippen molar-refractivity contribution >= 4 is 5.91 Å². The van der Waals surface area contributed by atoms with Gasteiger partial charge in [-0.05, 0) is 11.6 Å². The van der Waals surface area contributed by atoms with Crippen LogP contribution < -0.4 is 5.32 Å². The number of rotatable bonds is 4. The van der Waals surface area contributed by atoms with Crippen molar-refractivity contribution in [2.45, 2.75) is 12.3 Å². The third kappa shape index (κ3) is 3.71. The SMILES string of the molecule is O=C(C[C@H](c1ccccc1)c1ccccc1O)N1CC[NH2+]CC1. The van der Waals surface area contributed by atoms with E-state index in [9.17, 15) is 9.90 Å². The summed E-state index contributed by atoms with van der Waals surface area (Å²) in [5.74, 6) is 0.298. The van der Waals surface area contributed by atoms with E-state index in [0.29, 0.717) is 6.42 Å². The molecule has 1 aliphatic heterocycles. The van der Waals surface area contributed by atoms with Crippen LogP contribution in [0.2, 0.25) is 0 Å². The van der Waals surface area contributed by atoms with Crippen LogP contribution in [0.4, 0.5) is 0 Å². The predicted octanol–water partition coefficient (Wildman–Crippen LogP) is 1.32. The van der Waals surface area contributed by atoms with Gasteiger partial charge in [0.05, 0.1) is 26.2 Å². The van der Waals surface area contributed by atoms with E-state index in [2.05, 4.69) is 5.32 Å².